The summed E-state index contributed by atoms with van der Waals surface area (Å²) in [5.74, 6) is 2.21. The van der Waals surface area contributed by atoms with Gasteiger partial charge in [0.15, 0.2) is 0 Å². The zero-order valence-electron chi connectivity index (χ0n) is 15.3. The Kier molecular flexibility index (Phi) is 4.01. The van der Waals surface area contributed by atoms with Crippen LogP contribution in [0.25, 0.3) is 10.9 Å². The Bertz CT molecular complexity index is 1070. The first-order valence-corrected chi connectivity index (χ1v) is 10.3. The Morgan fingerprint density at radius 1 is 1.29 bits per heavy atom. The number of aliphatic imine (C=N–C) groups is 1. The molecule has 0 aliphatic heterocycles. The molecule has 2 aliphatic rings. The second-order valence-electron chi connectivity index (χ2n) is 7.78. The third kappa shape index (κ3) is 2.57. The summed E-state index contributed by atoms with van der Waals surface area (Å²) < 4.78 is 1.95. The van der Waals surface area contributed by atoms with Crippen molar-refractivity contribution in [3.8, 4) is 0 Å². The molecule has 4 N–H and O–H groups in total. The number of aliphatic hydroxyl groups is 2. The zero-order valence-corrected chi connectivity index (χ0v) is 16.1. The number of nitrogens with zero attached hydrogens (tertiary/aromatic N) is 3. The normalized spacial score (nSPS) is 31.1. The second kappa shape index (κ2) is 6.34. The van der Waals surface area contributed by atoms with E-state index in [0.29, 0.717) is 5.82 Å². The molecule has 0 radical (unpaired) electrons. The minimum absolute atomic E-state index is 0.163. The molecule has 2 fully saturated rings. The average Bonchev–Trinajstić information content (AvgIpc) is 3.14. The standard InChI is InChI=1S/C21H22N4O2S/c1-23-17-3-2-8-25(17)18-14-10-21(14,20(27)19(18)26)11-28-13-6-4-12-5-7-16(22)24-15(12)9-13/h2-9,14,18-20,26-27H,1,10-11H2,(H2,22,24)/t14-,18-,19+,20+,21-/m1/s1. The third-order valence-corrected chi connectivity index (χ3v) is 7.55. The van der Waals surface area contributed by atoms with E-state index in [1.165, 1.54) is 0 Å². The Labute approximate surface area is 167 Å². The van der Waals surface area contributed by atoms with Crippen LogP contribution in [0, 0.1) is 11.3 Å². The smallest absolute Gasteiger partial charge is 0.132 e. The van der Waals surface area contributed by atoms with Crippen LogP contribution in [0.5, 0.6) is 0 Å². The fraction of sp³-hybridized carbons (Fsp3) is 0.333. The molecule has 0 amide bonds. The van der Waals surface area contributed by atoms with Gasteiger partial charge >= 0.3 is 0 Å². The van der Waals surface area contributed by atoms with E-state index >= 15 is 0 Å². The van der Waals surface area contributed by atoms with E-state index in [0.717, 1.165) is 33.8 Å². The maximum absolute atomic E-state index is 10.8. The molecule has 1 aromatic carbocycles. The molecule has 3 aromatic rings. The molecule has 7 heteroatoms. The number of rotatable bonds is 5. The summed E-state index contributed by atoms with van der Waals surface area (Å²) in [7, 11) is 0. The van der Waals surface area contributed by atoms with Crippen LogP contribution in [0.4, 0.5) is 11.6 Å². The molecule has 2 aromatic heterocycles. The van der Waals surface area contributed by atoms with Crippen molar-refractivity contribution in [2.45, 2.75) is 29.6 Å². The highest BCUT2D eigenvalue weighted by Crippen LogP contribution is 2.69. The van der Waals surface area contributed by atoms with E-state index in [-0.39, 0.29) is 17.4 Å². The van der Waals surface area contributed by atoms with Gasteiger partial charge in [-0.05, 0) is 55.5 Å². The number of nitrogen functional groups attached to an aromatic ring is 1. The van der Waals surface area contributed by atoms with Crippen molar-refractivity contribution >= 4 is 41.0 Å². The molecule has 0 spiro atoms. The van der Waals surface area contributed by atoms with E-state index < -0.39 is 12.2 Å². The number of nitrogens with two attached hydrogens (primary N) is 1. The summed E-state index contributed by atoms with van der Waals surface area (Å²) in [6.45, 7) is 3.61. The summed E-state index contributed by atoms with van der Waals surface area (Å²) in [6, 6.07) is 13.5. The lowest BCUT2D eigenvalue weighted by Gasteiger charge is -2.24. The van der Waals surface area contributed by atoms with Crippen molar-refractivity contribution in [3.05, 3.63) is 48.7 Å². The number of pyridine rings is 1. The highest BCUT2D eigenvalue weighted by molar-refractivity contribution is 7.99. The van der Waals surface area contributed by atoms with Gasteiger partial charge in [-0.2, -0.15) is 0 Å². The van der Waals surface area contributed by atoms with Crippen molar-refractivity contribution in [2.24, 2.45) is 16.3 Å². The van der Waals surface area contributed by atoms with Gasteiger partial charge < -0.3 is 20.5 Å². The van der Waals surface area contributed by atoms with Crippen molar-refractivity contribution in [2.75, 3.05) is 11.5 Å². The van der Waals surface area contributed by atoms with Crippen LogP contribution in [0.15, 0.2) is 58.5 Å². The van der Waals surface area contributed by atoms with E-state index in [1.807, 2.05) is 41.1 Å². The molecule has 6 nitrogen and oxygen atoms in total. The summed E-state index contributed by atoms with van der Waals surface area (Å²) in [6.07, 6.45) is 1.26. The molecule has 5 atom stereocenters. The van der Waals surface area contributed by atoms with Crippen LogP contribution in [-0.4, -0.2) is 44.4 Å². The lowest BCUT2D eigenvalue weighted by atomic mass is 10.0. The fourth-order valence-electron chi connectivity index (χ4n) is 4.72. The van der Waals surface area contributed by atoms with Gasteiger partial charge in [0.2, 0.25) is 0 Å². The zero-order chi connectivity index (χ0) is 19.5. The van der Waals surface area contributed by atoms with Gasteiger partial charge in [0.1, 0.15) is 17.7 Å². The van der Waals surface area contributed by atoms with Crippen LogP contribution in [0.3, 0.4) is 0 Å². The molecule has 0 bridgehead atoms. The van der Waals surface area contributed by atoms with Crippen molar-refractivity contribution in [1.82, 2.24) is 9.55 Å². The summed E-state index contributed by atoms with van der Waals surface area (Å²) in [4.78, 5) is 9.52. The van der Waals surface area contributed by atoms with Gasteiger partial charge in [0.05, 0.1) is 17.7 Å². The number of aliphatic hydroxyl groups excluding tert-OH is 2. The molecular formula is C21H22N4O2S. The van der Waals surface area contributed by atoms with Gasteiger partial charge in [-0.25, -0.2) is 9.98 Å². The van der Waals surface area contributed by atoms with E-state index in [1.54, 1.807) is 17.8 Å². The molecule has 2 saturated carbocycles. The summed E-state index contributed by atoms with van der Waals surface area (Å²) in [5, 5.41) is 22.6. The number of thioether (sulfide) groups is 1. The number of hydrogen-bond acceptors (Lipinski definition) is 6. The van der Waals surface area contributed by atoms with Gasteiger partial charge in [0, 0.05) is 27.6 Å². The molecule has 2 heterocycles. The molecular weight excluding hydrogens is 372 g/mol. The average molecular weight is 395 g/mol. The van der Waals surface area contributed by atoms with Crippen molar-refractivity contribution in [3.63, 3.8) is 0 Å². The molecule has 5 rings (SSSR count). The predicted molar refractivity (Wildman–Crippen MR) is 112 cm³/mol. The molecule has 2 aliphatic carbocycles. The molecule has 0 saturated heterocycles. The summed E-state index contributed by atoms with van der Waals surface area (Å²) in [5.41, 5.74) is 6.40. The first kappa shape index (κ1) is 17.7. The number of hydrogen-bond donors (Lipinski definition) is 3. The predicted octanol–water partition coefficient (Wildman–Crippen LogP) is 3.03. The van der Waals surface area contributed by atoms with Gasteiger partial charge in [-0.1, -0.05) is 6.07 Å². The van der Waals surface area contributed by atoms with E-state index in [4.69, 9.17) is 5.73 Å². The highest BCUT2D eigenvalue weighted by Gasteiger charge is 2.71. The maximum Gasteiger partial charge on any atom is 0.132 e. The Hall–Kier alpha value is -2.35. The number of benzene rings is 1. The minimum Gasteiger partial charge on any atom is -0.390 e. The first-order chi connectivity index (χ1) is 13.5. The van der Waals surface area contributed by atoms with E-state index in [9.17, 15) is 10.2 Å². The highest BCUT2D eigenvalue weighted by atomic mass is 32.2. The van der Waals surface area contributed by atoms with Crippen LogP contribution >= 0.6 is 11.8 Å². The third-order valence-electron chi connectivity index (χ3n) is 6.29. The number of aromatic nitrogens is 2. The van der Waals surface area contributed by atoms with Gasteiger partial charge in [-0.15, -0.1) is 11.8 Å². The van der Waals surface area contributed by atoms with Gasteiger partial charge in [0.25, 0.3) is 0 Å². The monoisotopic (exact) mass is 394 g/mol. The number of fused-ring (bicyclic) bond motifs is 2. The van der Waals surface area contributed by atoms with Crippen LogP contribution in [0.2, 0.25) is 0 Å². The van der Waals surface area contributed by atoms with Crippen molar-refractivity contribution < 1.29 is 10.2 Å². The lowest BCUT2D eigenvalue weighted by Crippen LogP contribution is -2.35. The van der Waals surface area contributed by atoms with Gasteiger partial charge in [-0.3, -0.25) is 0 Å². The van der Waals surface area contributed by atoms with Crippen LogP contribution < -0.4 is 5.73 Å². The largest absolute Gasteiger partial charge is 0.390 e. The van der Waals surface area contributed by atoms with Crippen LogP contribution in [0.1, 0.15) is 12.5 Å². The Balaban J connectivity index is 1.37. The quantitative estimate of drug-likeness (QED) is 0.457. The minimum atomic E-state index is -0.801. The lowest BCUT2D eigenvalue weighted by molar-refractivity contribution is -0.0128. The fourth-order valence-corrected chi connectivity index (χ4v) is 6.01. The van der Waals surface area contributed by atoms with Crippen molar-refractivity contribution in [1.29, 1.82) is 0 Å². The maximum atomic E-state index is 10.8. The summed E-state index contributed by atoms with van der Waals surface area (Å²) >= 11 is 1.70. The number of anilines is 1. The second-order valence-corrected chi connectivity index (χ2v) is 8.83. The molecule has 144 valence electrons. The van der Waals surface area contributed by atoms with Crippen LogP contribution in [-0.2, 0) is 0 Å². The first-order valence-electron chi connectivity index (χ1n) is 9.32. The Morgan fingerprint density at radius 2 is 2.11 bits per heavy atom. The molecule has 28 heavy (non-hydrogen) atoms. The Morgan fingerprint density at radius 3 is 2.93 bits per heavy atom. The SMILES string of the molecule is C=Nc1cccn1[C@H]1[C@H](O)[C@H](O)[C@@]2(CSc3ccc4ccc(N)nc4c3)C[C@H]12. The molecule has 0 unspecified atom stereocenters. The van der Waals surface area contributed by atoms with E-state index in [2.05, 4.69) is 22.8 Å². The topological polar surface area (TPSA) is 96.7 Å².